The maximum absolute atomic E-state index is 11.9. The van der Waals surface area contributed by atoms with E-state index in [2.05, 4.69) is 0 Å². The molecule has 0 radical (unpaired) electrons. The van der Waals surface area contributed by atoms with Gasteiger partial charge in [-0.3, -0.25) is 4.57 Å². The highest BCUT2D eigenvalue weighted by Gasteiger charge is 2.11. The van der Waals surface area contributed by atoms with Gasteiger partial charge in [0.2, 0.25) is 0 Å². The van der Waals surface area contributed by atoms with Crippen molar-refractivity contribution in [1.82, 2.24) is 4.57 Å². The minimum absolute atomic E-state index is 0.172. The second-order valence-corrected chi connectivity index (χ2v) is 5.92. The summed E-state index contributed by atoms with van der Waals surface area (Å²) in [6.45, 7) is 0.565. The standard InChI is InChI=1S/C17H13Cl2NO4/c18-12-7-6-11(10-13(12)19)16(21)23-9-3-8-20-14-4-1-2-5-15(14)24-17(20)22/h1-2,4-7,10H,3,8-9H2. The maximum Gasteiger partial charge on any atom is 0.419 e. The van der Waals surface area contributed by atoms with Gasteiger partial charge >= 0.3 is 11.7 Å². The van der Waals surface area contributed by atoms with Crippen molar-refractivity contribution < 1.29 is 13.9 Å². The molecule has 3 aromatic rings. The van der Waals surface area contributed by atoms with Crippen molar-refractivity contribution >= 4 is 40.3 Å². The number of benzene rings is 2. The Bertz CT molecular complexity index is 945. The Morgan fingerprint density at radius 2 is 1.92 bits per heavy atom. The summed E-state index contributed by atoms with van der Waals surface area (Å²) >= 11 is 11.7. The average molecular weight is 366 g/mol. The molecule has 7 heteroatoms. The molecule has 0 aliphatic carbocycles. The van der Waals surface area contributed by atoms with Crippen LogP contribution in [0.15, 0.2) is 51.7 Å². The second-order valence-electron chi connectivity index (χ2n) is 5.11. The van der Waals surface area contributed by atoms with Crippen molar-refractivity contribution in [3.8, 4) is 0 Å². The Hall–Kier alpha value is -2.24. The zero-order valence-corrected chi connectivity index (χ0v) is 14.0. The number of nitrogens with zero attached hydrogens (tertiary/aromatic N) is 1. The molecule has 0 spiro atoms. The molecule has 5 nitrogen and oxygen atoms in total. The number of fused-ring (bicyclic) bond motifs is 1. The Morgan fingerprint density at radius 1 is 1.12 bits per heavy atom. The molecule has 3 rings (SSSR count). The van der Waals surface area contributed by atoms with E-state index in [1.807, 2.05) is 12.1 Å². The fraction of sp³-hybridized carbons (Fsp3) is 0.176. The molecule has 0 aliphatic heterocycles. The first-order chi connectivity index (χ1) is 11.6. The van der Waals surface area contributed by atoms with E-state index in [1.165, 1.54) is 16.7 Å². The van der Waals surface area contributed by atoms with E-state index in [0.29, 0.717) is 34.2 Å². The molecule has 0 atom stereocenters. The zero-order valence-electron chi connectivity index (χ0n) is 12.5. The molecular weight excluding hydrogens is 353 g/mol. The highest BCUT2D eigenvalue weighted by molar-refractivity contribution is 6.42. The number of aryl methyl sites for hydroxylation is 1. The Kier molecular flexibility index (Phi) is 4.92. The van der Waals surface area contributed by atoms with Crippen LogP contribution in [0.2, 0.25) is 10.0 Å². The molecule has 0 aliphatic rings. The van der Waals surface area contributed by atoms with Gasteiger partial charge in [-0.25, -0.2) is 9.59 Å². The molecular formula is C17H13Cl2NO4. The molecule has 0 bridgehead atoms. The lowest BCUT2D eigenvalue weighted by Crippen LogP contribution is -2.16. The Morgan fingerprint density at radius 3 is 2.71 bits per heavy atom. The monoisotopic (exact) mass is 365 g/mol. The highest BCUT2D eigenvalue weighted by Crippen LogP contribution is 2.23. The van der Waals surface area contributed by atoms with Gasteiger partial charge in [0.05, 0.1) is 27.7 Å². The number of rotatable bonds is 5. The van der Waals surface area contributed by atoms with Crippen molar-refractivity contribution in [3.63, 3.8) is 0 Å². The minimum Gasteiger partial charge on any atom is -0.462 e. The molecule has 1 aromatic heterocycles. The molecule has 1 heterocycles. The van der Waals surface area contributed by atoms with Crippen LogP contribution in [0.4, 0.5) is 0 Å². The van der Waals surface area contributed by atoms with Crippen LogP contribution in [0.3, 0.4) is 0 Å². The first-order valence-corrected chi connectivity index (χ1v) is 8.02. The number of hydrogen-bond acceptors (Lipinski definition) is 4. The molecule has 124 valence electrons. The third kappa shape index (κ3) is 3.47. The summed E-state index contributed by atoms with van der Waals surface area (Å²) in [7, 11) is 0. The topological polar surface area (TPSA) is 61.4 Å². The third-order valence-corrected chi connectivity index (χ3v) is 4.23. The van der Waals surface area contributed by atoms with Crippen LogP contribution in [-0.4, -0.2) is 17.1 Å². The SMILES string of the molecule is O=C(OCCCn1c(=O)oc2ccccc21)c1ccc(Cl)c(Cl)c1. The first-order valence-electron chi connectivity index (χ1n) is 7.27. The first kappa shape index (κ1) is 16.6. The number of halogens is 2. The molecule has 0 N–H and O–H groups in total. The largest absolute Gasteiger partial charge is 0.462 e. The zero-order chi connectivity index (χ0) is 17.1. The molecule has 24 heavy (non-hydrogen) atoms. The molecule has 0 fully saturated rings. The van der Waals surface area contributed by atoms with Gasteiger partial charge in [0.25, 0.3) is 0 Å². The quantitative estimate of drug-likeness (QED) is 0.503. The van der Waals surface area contributed by atoms with E-state index in [1.54, 1.807) is 18.2 Å². The van der Waals surface area contributed by atoms with Crippen LogP contribution >= 0.6 is 23.2 Å². The van der Waals surface area contributed by atoms with Gasteiger partial charge in [-0.2, -0.15) is 0 Å². The lowest BCUT2D eigenvalue weighted by Gasteiger charge is -2.06. The summed E-state index contributed by atoms with van der Waals surface area (Å²) in [4.78, 5) is 23.8. The van der Waals surface area contributed by atoms with Crippen molar-refractivity contribution in [3.05, 3.63) is 68.6 Å². The Balaban J connectivity index is 1.58. The van der Waals surface area contributed by atoms with Gasteiger partial charge < -0.3 is 9.15 Å². The summed E-state index contributed by atoms with van der Waals surface area (Å²) in [5.41, 5.74) is 1.59. The Labute approximate surface area is 147 Å². The van der Waals surface area contributed by atoms with Crippen LogP contribution in [0.1, 0.15) is 16.8 Å². The van der Waals surface area contributed by atoms with E-state index in [4.69, 9.17) is 32.4 Å². The van der Waals surface area contributed by atoms with E-state index in [-0.39, 0.29) is 6.61 Å². The smallest absolute Gasteiger partial charge is 0.419 e. The highest BCUT2D eigenvalue weighted by atomic mass is 35.5. The predicted octanol–water partition coefficient (Wildman–Crippen LogP) is 4.15. The van der Waals surface area contributed by atoms with E-state index < -0.39 is 11.7 Å². The maximum atomic E-state index is 11.9. The van der Waals surface area contributed by atoms with Crippen molar-refractivity contribution in [1.29, 1.82) is 0 Å². The summed E-state index contributed by atoms with van der Waals surface area (Å²) in [6, 6.07) is 11.7. The van der Waals surface area contributed by atoms with Gasteiger partial charge in [0.15, 0.2) is 5.58 Å². The number of carbonyl (C=O) groups excluding carboxylic acids is 1. The number of carbonyl (C=O) groups is 1. The number of hydrogen-bond donors (Lipinski definition) is 0. The van der Waals surface area contributed by atoms with Crippen molar-refractivity contribution in [2.75, 3.05) is 6.61 Å². The van der Waals surface area contributed by atoms with Gasteiger partial charge in [-0.05, 0) is 36.8 Å². The summed E-state index contributed by atoms with van der Waals surface area (Å²) in [5.74, 6) is -0.912. The molecule has 2 aromatic carbocycles. The lowest BCUT2D eigenvalue weighted by molar-refractivity contribution is 0.0496. The molecule has 0 saturated heterocycles. The third-order valence-electron chi connectivity index (χ3n) is 3.49. The number of oxazole rings is 1. The predicted molar refractivity (Wildman–Crippen MR) is 91.8 cm³/mol. The summed E-state index contributed by atoms with van der Waals surface area (Å²) in [6.07, 6.45) is 0.483. The van der Waals surface area contributed by atoms with Crippen LogP contribution in [0, 0.1) is 0 Å². The number of para-hydroxylation sites is 2. The van der Waals surface area contributed by atoms with Crippen LogP contribution in [0.5, 0.6) is 0 Å². The normalized spacial score (nSPS) is 10.9. The van der Waals surface area contributed by atoms with E-state index >= 15 is 0 Å². The molecule has 0 saturated carbocycles. The van der Waals surface area contributed by atoms with Gasteiger partial charge in [-0.15, -0.1) is 0 Å². The van der Waals surface area contributed by atoms with Crippen molar-refractivity contribution in [2.24, 2.45) is 0 Å². The van der Waals surface area contributed by atoms with Crippen molar-refractivity contribution in [2.45, 2.75) is 13.0 Å². The summed E-state index contributed by atoms with van der Waals surface area (Å²) in [5, 5.41) is 0.668. The second kappa shape index (κ2) is 7.11. The van der Waals surface area contributed by atoms with Gasteiger partial charge in [-0.1, -0.05) is 35.3 Å². The lowest BCUT2D eigenvalue weighted by atomic mass is 10.2. The van der Waals surface area contributed by atoms with Crippen LogP contribution in [-0.2, 0) is 11.3 Å². The fourth-order valence-corrected chi connectivity index (χ4v) is 2.62. The average Bonchev–Trinajstić information content (AvgIpc) is 2.89. The number of ether oxygens (including phenoxy) is 1. The van der Waals surface area contributed by atoms with Crippen LogP contribution < -0.4 is 5.76 Å². The molecule has 0 unspecified atom stereocenters. The van der Waals surface area contributed by atoms with E-state index in [9.17, 15) is 9.59 Å². The number of aromatic nitrogens is 1. The van der Waals surface area contributed by atoms with Gasteiger partial charge in [0, 0.05) is 6.54 Å². The molecule has 0 amide bonds. The van der Waals surface area contributed by atoms with Gasteiger partial charge in [0.1, 0.15) is 0 Å². The minimum atomic E-state index is -0.488. The summed E-state index contributed by atoms with van der Waals surface area (Å²) < 4.78 is 11.8. The fourth-order valence-electron chi connectivity index (χ4n) is 2.32. The van der Waals surface area contributed by atoms with Crippen LogP contribution in [0.25, 0.3) is 11.1 Å². The number of esters is 1. The van der Waals surface area contributed by atoms with E-state index in [0.717, 1.165) is 5.52 Å².